The number of amides is 1. The number of hydrogen-bond donors (Lipinski definition) is 0. The molecule has 0 spiro atoms. The van der Waals surface area contributed by atoms with Crippen molar-refractivity contribution in [3.8, 4) is 17.2 Å². The Morgan fingerprint density at radius 1 is 1.17 bits per heavy atom. The number of methoxy groups -OCH3 is 2. The molecule has 0 aliphatic carbocycles. The van der Waals surface area contributed by atoms with Crippen molar-refractivity contribution in [1.82, 2.24) is 9.80 Å². The molecule has 1 aliphatic heterocycles. The van der Waals surface area contributed by atoms with Crippen LogP contribution >= 0.6 is 0 Å². The molecule has 2 aromatic rings. The van der Waals surface area contributed by atoms with Gasteiger partial charge in [0, 0.05) is 51.3 Å². The molecule has 0 N–H and O–H groups in total. The van der Waals surface area contributed by atoms with Gasteiger partial charge in [-0.3, -0.25) is 9.69 Å². The first kappa shape index (κ1) is 21.0. The van der Waals surface area contributed by atoms with Crippen LogP contribution in [0.1, 0.15) is 23.1 Å². The van der Waals surface area contributed by atoms with Gasteiger partial charge in [0.1, 0.15) is 12.4 Å². The van der Waals surface area contributed by atoms with Crippen molar-refractivity contribution in [1.29, 1.82) is 0 Å². The van der Waals surface area contributed by atoms with Gasteiger partial charge in [-0.2, -0.15) is 0 Å². The fraction of sp³-hybridized carbons (Fsp3) is 0.435. The van der Waals surface area contributed by atoms with E-state index in [-0.39, 0.29) is 5.91 Å². The van der Waals surface area contributed by atoms with Crippen molar-refractivity contribution in [2.45, 2.75) is 25.9 Å². The zero-order valence-electron chi connectivity index (χ0n) is 17.7. The molecule has 156 valence electrons. The third kappa shape index (κ3) is 5.21. The number of carbonyl (C=O) groups is 1. The number of fused-ring (bicyclic) bond motifs is 1. The molecular formula is C23H30N2O4. The van der Waals surface area contributed by atoms with Crippen molar-refractivity contribution >= 4 is 5.91 Å². The Labute approximate surface area is 173 Å². The van der Waals surface area contributed by atoms with E-state index in [1.54, 1.807) is 33.2 Å². The summed E-state index contributed by atoms with van der Waals surface area (Å²) in [6, 6.07) is 12.2. The summed E-state index contributed by atoms with van der Waals surface area (Å²) in [6.07, 6.45) is 1.24. The predicted molar refractivity (Wildman–Crippen MR) is 113 cm³/mol. The number of para-hydroxylation sites is 1. The molecule has 6 heteroatoms. The van der Waals surface area contributed by atoms with E-state index in [1.165, 1.54) is 0 Å². The van der Waals surface area contributed by atoms with Crippen molar-refractivity contribution in [3.63, 3.8) is 0 Å². The van der Waals surface area contributed by atoms with Gasteiger partial charge in [-0.25, -0.2) is 0 Å². The van der Waals surface area contributed by atoms with Crippen LogP contribution in [0.4, 0.5) is 0 Å². The van der Waals surface area contributed by atoms with Gasteiger partial charge in [0.15, 0.2) is 11.5 Å². The highest BCUT2D eigenvalue weighted by Gasteiger charge is 2.19. The minimum atomic E-state index is 0.142. The number of carbonyl (C=O) groups excluding carboxylic acids is 1. The van der Waals surface area contributed by atoms with Crippen LogP contribution in [0.25, 0.3) is 0 Å². The smallest absolute Gasteiger partial charge is 0.222 e. The van der Waals surface area contributed by atoms with Crippen molar-refractivity contribution in [3.05, 3.63) is 53.1 Å². The standard InChI is InChI=1S/C23H30N2O4/c1-24(2)22(26)11-9-17-8-10-20-19(14-17)16-25(12-13-29-20)15-18-6-5-7-21(27-3)23(18)28-4/h5-8,10,14H,9,11-13,15-16H2,1-4H3. The van der Waals surface area contributed by atoms with E-state index in [0.29, 0.717) is 13.0 Å². The number of nitrogens with zero attached hydrogens (tertiary/aromatic N) is 2. The Kier molecular flexibility index (Phi) is 6.99. The van der Waals surface area contributed by atoms with Crippen LogP contribution in [0.5, 0.6) is 17.2 Å². The Morgan fingerprint density at radius 2 is 2.00 bits per heavy atom. The van der Waals surface area contributed by atoms with Crippen molar-refractivity contribution in [2.75, 3.05) is 41.5 Å². The Bertz CT molecular complexity index is 851. The van der Waals surface area contributed by atoms with E-state index in [4.69, 9.17) is 14.2 Å². The van der Waals surface area contributed by atoms with Crippen LogP contribution in [0.3, 0.4) is 0 Å². The normalized spacial score (nSPS) is 13.8. The van der Waals surface area contributed by atoms with Crippen LogP contribution in [0, 0.1) is 0 Å². The molecular weight excluding hydrogens is 368 g/mol. The highest BCUT2D eigenvalue weighted by Crippen LogP contribution is 2.33. The fourth-order valence-electron chi connectivity index (χ4n) is 3.59. The fourth-order valence-corrected chi connectivity index (χ4v) is 3.59. The Morgan fingerprint density at radius 3 is 2.72 bits per heavy atom. The second-order valence-corrected chi connectivity index (χ2v) is 7.44. The van der Waals surface area contributed by atoms with Gasteiger partial charge in [-0.05, 0) is 24.1 Å². The average Bonchev–Trinajstić information content (AvgIpc) is 2.92. The summed E-state index contributed by atoms with van der Waals surface area (Å²) in [6.45, 7) is 2.99. The Hall–Kier alpha value is -2.73. The molecule has 0 saturated carbocycles. The molecule has 0 unspecified atom stereocenters. The minimum absolute atomic E-state index is 0.142. The van der Waals surface area contributed by atoms with E-state index in [0.717, 1.165) is 60.0 Å². The largest absolute Gasteiger partial charge is 0.493 e. The number of benzene rings is 2. The molecule has 3 rings (SSSR count). The molecule has 2 aromatic carbocycles. The van der Waals surface area contributed by atoms with Crippen LogP contribution < -0.4 is 14.2 Å². The zero-order chi connectivity index (χ0) is 20.8. The molecule has 0 atom stereocenters. The molecule has 1 aliphatic rings. The summed E-state index contributed by atoms with van der Waals surface area (Å²) in [4.78, 5) is 15.9. The number of ether oxygens (including phenoxy) is 3. The summed E-state index contributed by atoms with van der Waals surface area (Å²) in [5, 5.41) is 0. The number of aryl methyl sites for hydroxylation is 1. The minimum Gasteiger partial charge on any atom is -0.493 e. The first-order valence-electron chi connectivity index (χ1n) is 9.88. The van der Waals surface area contributed by atoms with E-state index in [1.807, 2.05) is 18.2 Å². The van der Waals surface area contributed by atoms with E-state index in [2.05, 4.69) is 23.1 Å². The maximum atomic E-state index is 11.9. The topological polar surface area (TPSA) is 51.2 Å². The Balaban J connectivity index is 1.74. The lowest BCUT2D eigenvalue weighted by Gasteiger charge is -2.21. The van der Waals surface area contributed by atoms with Crippen LogP contribution in [-0.4, -0.2) is 57.2 Å². The van der Waals surface area contributed by atoms with Crippen LogP contribution in [-0.2, 0) is 24.3 Å². The predicted octanol–water partition coefficient (Wildman–Crippen LogP) is 3.12. The molecule has 0 aromatic heterocycles. The lowest BCUT2D eigenvalue weighted by Crippen LogP contribution is -2.25. The van der Waals surface area contributed by atoms with Gasteiger partial charge >= 0.3 is 0 Å². The van der Waals surface area contributed by atoms with Gasteiger partial charge in [0.25, 0.3) is 0 Å². The van der Waals surface area contributed by atoms with E-state index in [9.17, 15) is 4.79 Å². The van der Waals surface area contributed by atoms with Crippen LogP contribution in [0.2, 0.25) is 0 Å². The molecule has 1 heterocycles. The first-order chi connectivity index (χ1) is 14.0. The second-order valence-electron chi connectivity index (χ2n) is 7.44. The molecule has 1 amide bonds. The molecule has 6 nitrogen and oxygen atoms in total. The van der Waals surface area contributed by atoms with Gasteiger partial charge in [-0.1, -0.05) is 24.3 Å². The molecule has 29 heavy (non-hydrogen) atoms. The highest BCUT2D eigenvalue weighted by molar-refractivity contribution is 5.75. The van der Waals surface area contributed by atoms with Gasteiger partial charge in [0.05, 0.1) is 14.2 Å². The van der Waals surface area contributed by atoms with Crippen LogP contribution in [0.15, 0.2) is 36.4 Å². The SMILES string of the molecule is COc1cccc(CN2CCOc3ccc(CCC(=O)N(C)C)cc3C2)c1OC. The lowest BCUT2D eigenvalue weighted by molar-refractivity contribution is -0.128. The highest BCUT2D eigenvalue weighted by atomic mass is 16.5. The molecule has 0 fully saturated rings. The summed E-state index contributed by atoms with van der Waals surface area (Å²) in [7, 11) is 6.90. The lowest BCUT2D eigenvalue weighted by atomic mass is 10.0. The van der Waals surface area contributed by atoms with Gasteiger partial charge in [0.2, 0.25) is 5.91 Å². The van der Waals surface area contributed by atoms with Crippen molar-refractivity contribution in [2.24, 2.45) is 0 Å². The number of hydrogen-bond acceptors (Lipinski definition) is 5. The maximum absolute atomic E-state index is 11.9. The summed E-state index contributed by atoms with van der Waals surface area (Å²) in [5.74, 6) is 2.58. The second kappa shape index (κ2) is 9.65. The average molecular weight is 399 g/mol. The first-order valence-corrected chi connectivity index (χ1v) is 9.88. The quantitative estimate of drug-likeness (QED) is 0.717. The monoisotopic (exact) mass is 398 g/mol. The van der Waals surface area contributed by atoms with E-state index >= 15 is 0 Å². The van der Waals surface area contributed by atoms with Gasteiger partial charge in [-0.15, -0.1) is 0 Å². The molecule has 0 saturated heterocycles. The summed E-state index contributed by atoms with van der Waals surface area (Å²) >= 11 is 0. The van der Waals surface area contributed by atoms with Crippen molar-refractivity contribution < 1.29 is 19.0 Å². The third-order valence-corrected chi connectivity index (χ3v) is 5.19. The molecule has 0 radical (unpaired) electrons. The number of rotatable bonds is 7. The summed E-state index contributed by atoms with van der Waals surface area (Å²) in [5.41, 5.74) is 3.39. The van der Waals surface area contributed by atoms with Gasteiger partial charge < -0.3 is 19.1 Å². The molecule has 0 bridgehead atoms. The summed E-state index contributed by atoms with van der Waals surface area (Å²) < 4.78 is 17.0. The zero-order valence-corrected chi connectivity index (χ0v) is 17.7. The van der Waals surface area contributed by atoms with E-state index < -0.39 is 0 Å². The third-order valence-electron chi connectivity index (χ3n) is 5.19. The maximum Gasteiger partial charge on any atom is 0.222 e.